The Kier molecular flexibility index (Phi) is 10.6. The minimum absolute atomic E-state index is 0.00595. The Bertz CT molecular complexity index is 1400. The van der Waals surface area contributed by atoms with E-state index in [9.17, 15) is 14.9 Å². The van der Waals surface area contributed by atoms with Gasteiger partial charge in [0.2, 0.25) is 5.91 Å². The molecule has 2 amide bonds. The van der Waals surface area contributed by atoms with Crippen molar-refractivity contribution >= 4 is 40.7 Å². The molecule has 0 spiro atoms. The molecule has 1 N–H and O–H groups in total. The zero-order chi connectivity index (χ0) is 29.4. The van der Waals surface area contributed by atoms with E-state index in [0.717, 1.165) is 29.8 Å². The maximum absolute atomic E-state index is 13.7. The minimum Gasteiger partial charge on any atom is -0.379 e. The van der Waals surface area contributed by atoms with Gasteiger partial charge in [0, 0.05) is 45.0 Å². The van der Waals surface area contributed by atoms with Gasteiger partial charge >= 0.3 is 0 Å². The summed E-state index contributed by atoms with van der Waals surface area (Å²) in [6.07, 6.45) is 0. The summed E-state index contributed by atoms with van der Waals surface area (Å²) in [5, 5.41) is 12.9. The highest BCUT2D eigenvalue weighted by Gasteiger charge is 2.27. The standard InChI is InChI=1S/C31H33Cl2N5O3/c1-35-31(40)25-5-3-4-24(18-25)22-6-8-23(9-7-22)29(20-37-14-16-41-17-15-37)36(2)30(39)21-38(13-12-34)26-10-11-27(32)28(33)19-26/h3-11,18-19,29H,13-17,20-21H2,1-2H3,(H,35,40). The fourth-order valence-corrected chi connectivity index (χ4v) is 5.11. The van der Waals surface area contributed by atoms with Gasteiger partial charge in [0.15, 0.2) is 0 Å². The van der Waals surface area contributed by atoms with Gasteiger partial charge in [0.05, 0.1) is 41.9 Å². The van der Waals surface area contributed by atoms with E-state index in [1.54, 1.807) is 48.2 Å². The Morgan fingerprint density at radius 2 is 1.76 bits per heavy atom. The van der Waals surface area contributed by atoms with E-state index in [4.69, 9.17) is 27.9 Å². The SMILES string of the molecule is CNC(=O)c1cccc(-c2ccc(C(CN3CCOCC3)N(C)C(=O)CN(CC#N)c3ccc(Cl)c(Cl)c3)cc2)c1. The molecule has 10 heteroatoms. The van der Waals surface area contributed by atoms with Crippen molar-refractivity contribution in [2.75, 3.05) is 64.9 Å². The summed E-state index contributed by atoms with van der Waals surface area (Å²) < 4.78 is 5.53. The highest BCUT2D eigenvalue weighted by molar-refractivity contribution is 6.42. The average Bonchev–Trinajstić information content (AvgIpc) is 3.01. The van der Waals surface area contributed by atoms with Crippen LogP contribution < -0.4 is 10.2 Å². The van der Waals surface area contributed by atoms with Gasteiger partial charge in [-0.15, -0.1) is 0 Å². The van der Waals surface area contributed by atoms with Crippen molar-refractivity contribution in [3.8, 4) is 17.2 Å². The lowest BCUT2D eigenvalue weighted by Crippen LogP contribution is -2.46. The zero-order valence-corrected chi connectivity index (χ0v) is 24.7. The molecule has 1 unspecified atom stereocenters. The summed E-state index contributed by atoms with van der Waals surface area (Å²) in [7, 11) is 3.41. The normalized spacial score (nSPS) is 14.1. The zero-order valence-electron chi connectivity index (χ0n) is 23.1. The van der Waals surface area contributed by atoms with E-state index >= 15 is 0 Å². The topological polar surface area (TPSA) is 88.9 Å². The maximum Gasteiger partial charge on any atom is 0.251 e. The summed E-state index contributed by atoms with van der Waals surface area (Å²) in [5.41, 5.74) is 4.13. The van der Waals surface area contributed by atoms with Gasteiger partial charge in [0.25, 0.3) is 5.91 Å². The molecule has 3 aromatic rings. The van der Waals surface area contributed by atoms with Crippen molar-refractivity contribution in [2.24, 2.45) is 0 Å². The van der Waals surface area contributed by atoms with Gasteiger partial charge in [-0.2, -0.15) is 5.26 Å². The third-order valence-electron chi connectivity index (χ3n) is 7.23. The molecule has 0 saturated carbocycles. The van der Waals surface area contributed by atoms with E-state index in [1.165, 1.54) is 0 Å². The van der Waals surface area contributed by atoms with Crippen LogP contribution >= 0.6 is 23.2 Å². The second-order valence-electron chi connectivity index (χ2n) is 9.83. The molecule has 41 heavy (non-hydrogen) atoms. The van der Waals surface area contributed by atoms with Crippen molar-refractivity contribution in [3.63, 3.8) is 0 Å². The van der Waals surface area contributed by atoms with Crippen LogP contribution in [-0.4, -0.2) is 81.6 Å². The number of anilines is 1. The molecule has 0 radical (unpaired) electrons. The Morgan fingerprint density at radius 1 is 1.02 bits per heavy atom. The molecule has 4 rings (SSSR count). The van der Waals surface area contributed by atoms with Crippen LogP contribution in [0.1, 0.15) is 22.0 Å². The molecule has 3 aromatic carbocycles. The second-order valence-corrected chi connectivity index (χ2v) is 10.6. The molecule has 0 aromatic heterocycles. The van der Waals surface area contributed by atoms with Crippen LogP contribution in [0, 0.1) is 11.3 Å². The van der Waals surface area contributed by atoms with E-state index in [1.807, 2.05) is 42.5 Å². The van der Waals surface area contributed by atoms with Crippen LogP contribution in [0.25, 0.3) is 11.1 Å². The number of nitrogens with one attached hydrogen (secondary N) is 1. The monoisotopic (exact) mass is 593 g/mol. The van der Waals surface area contributed by atoms with Crippen LogP contribution in [-0.2, 0) is 9.53 Å². The number of rotatable bonds is 10. The molecule has 0 aliphatic carbocycles. The highest BCUT2D eigenvalue weighted by Crippen LogP contribution is 2.29. The highest BCUT2D eigenvalue weighted by atomic mass is 35.5. The first-order valence-corrected chi connectivity index (χ1v) is 14.1. The minimum atomic E-state index is -0.232. The predicted molar refractivity (Wildman–Crippen MR) is 162 cm³/mol. The third-order valence-corrected chi connectivity index (χ3v) is 7.97. The van der Waals surface area contributed by atoms with Crippen LogP contribution in [0.15, 0.2) is 66.7 Å². The van der Waals surface area contributed by atoms with E-state index in [0.29, 0.717) is 41.1 Å². The lowest BCUT2D eigenvalue weighted by Gasteiger charge is -2.36. The van der Waals surface area contributed by atoms with Crippen LogP contribution in [0.3, 0.4) is 0 Å². The summed E-state index contributed by atoms with van der Waals surface area (Å²) in [4.78, 5) is 31.5. The Labute approximate surface area is 251 Å². The van der Waals surface area contributed by atoms with Crippen molar-refractivity contribution in [1.82, 2.24) is 15.1 Å². The van der Waals surface area contributed by atoms with Gasteiger partial charge in [-0.25, -0.2) is 0 Å². The van der Waals surface area contributed by atoms with Crippen LogP contribution in [0.2, 0.25) is 10.0 Å². The molecule has 214 valence electrons. The molecule has 1 aliphatic heterocycles. The van der Waals surface area contributed by atoms with E-state index < -0.39 is 0 Å². The van der Waals surface area contributed by atoms with Gasteiger partial charge in [0.1, 0.15) is 6.54 Å². The van der Waals surface area contributed by atoms with Gasteiger partial charge < -0.3 is 19.9 Å². The molecular formula is C31H33Cl2N5O3. The van der Waals surface area contributed by atoms with Crippen LogP contribution in [0.4, 0.5) is 5.69 Å². The number of benzene rings is 3. The van der Waals surface area contributed by atoms with Gasteiger partial charge in [-0.05, 0) is 47.0 Å². The molecule has 8 nitrogen and oxygen atoms in total. The first-order valence-electron chi connectivity index (χ1n) is 13.4. The molecule has 0 bridgehead atoms. The van der Waals surface area contributed by atoms with Gasteiger partial charge in [-0.1, -0.05) is 59.6 Å². The van der Waals surface area contributed by atoms with E-state index in [2.05, 4.69) is 16.3 Å². The molecule has 1 heterocycles. The maximum atomic E-state index is 13.7. The predicted octanol–water partition coefficient (Wildman–Crippen LogP) is 4.88. The number of ether oxygens (including phenoxy) is 1. The lowest BCUT2D eigenvalue weighted by molar-refractivity contribution is -0.131. The van der Waals surface area contributed by atoms with Crippen molar-refractivity contribution < 1.29 is 14.3 Å². The van der Waals surface area contributed by atoms with Crippen molar-refractivity contribution in [1.29, 1.82) is 5.26 Å². The largest absolute Gasteiger partial charge is 0.379 e. The number of likely N-dealkylation sites (N-methyl/N-ethyl adjacent to an activating group) is 1. The van der Waals surface area contributed by atoms with Crippen LogP contribution in [0.5, 0.6) is 0 Å². The summed E-state index contributed by atoms with van der Waals surface area (Å²) in [6, 6.07) is 22.5. The fourth-order valence-electron chi connectivity index (χ4n) is 4.82. The number of morpholine rings is 1. The smallest absolute Gasteiger partial charge is 0.251 e. The Hall–Kier alpha value is -3.61. The number of hydrogen-bond acceptors (Lipinski definition) is 6. The quantitative estimate of drug-likeness (QED) is 0.337. The number of amides is 2. The molecule has 1 atom stereocenters. The lowest BCUT2D eigenvalue weighted by atomic mass is 9.98. The summed E-state index contributed by atoms with van der Waals surface area (Å²) >= 11 is 12.3. The van der Waals surface area contributed by atoms with Gasteiger partial charge in [-0.3, -0.25) is 14.5 Å². The first kappa shape index (κ1) is 30.4. The Morgan fingerprint density at radius 3 is 2.41 bits per heavy atom. The number of nitriles is 1. The third kappa shape index (κ3) is 7.78. The molecule has 1 fully saturated rings. The average molecular weight is 595 g/mol. The fraction of sp³-hybridized carbons (Fsp3) is 0.323. The number of carbonyl (C=O) groups excluding carboxylic acids is 2. The summed E-state index contributed by atoms with van der Waals surface area (Å²) in [5.74, 6) is -0.271. The second kappa shape index (κ2) is 14.3. The molecular weight excluding hydrogens is 561 g/mol. The molecule has 1 aliphatic rings. The molecule has 1 saturated heterocycles. The number of hydrogen-bond donors (Lipinski definition) is 1. The Balaban J connectivity index is 1.58. The number of halogens is 2. The van der Waals surface area contributed by atoms with Crippen molar-refractivity contribution in [3.05, 3.63) is 87.9 Å². The first-order chi connectivity index (χ1) is 19.8. The summed E-state index contributed by atoms with van der Waals surface area (Å²) in [6.45, 7) is 3.54. The van der Waals surface area contributed by atoms with E-state index in [-0.39, 0.29) is 30.9 Å². The van der Waals surface area contributed by atoms with Crippen molar-refractivity contribution in [2.45, 2.75) is 6.04 Å². The number of nitrogens with zero attached hydrogens (tertiary/aromatic N) is 4. The number of carbonyl (C=O) groups is 2.